The molecule has 2 aliphatic heterocycles. The van der Waals surface area contributed by atoms with Gasteiger partial charge in [-0.2, -0.15) is 0 Å². The third-order valence-electron chi connectivity index (χ3n) is 5.00. The van der Waals surface area contributed by atoms with E-state index < -0.39 is 0 Å². The van der Waals surface area contributed by atoms with Crippen LogP contribution in [0, 0.1) is 0 Å². The molecule has 28 heavy (non-hydrogen) atoms. The Bertz CT molecular complexity index is 801. The molecule has 1 fully saturated rings. The van der Waals surface area contributed by atoms with E-state index in [-0.39, 0.29) is 12.1 Å². The van der Waals surface area contributed by atoms with Gasteiger partial charge < -0.3 is 24.8 Å². The van der Waals surface area contributed by atoms with Gasteiger partial charge in [-0.05, 0) is 67.1 Å². The molecule has 2 aliphatic rings. The van der Waals surface area contributed by atoms with Gasteiger partial charge in [-0.25, -0.2) is 4.79 Å². The van der Waals surface area contributed by atoms with Crippen molar-refractivity contribution < 1.29 is 19.0 Å². The van der Waals surface area contributed by atoms with Crippen molar-refractivity contribution in [2.45, 2.75) is 38.3 Å². The molecule has 4 rings (SSSR count). The average Bonchev–Trinajstić information content (AvgIpc) is 3.25. The summed E-state index contributed by atoms with van der Waals surface area (Å²) in [7, 11) is 0. The Morgan fingerprint density at radius 1 is 1.11 bits per heavy atom. The second kappa shape index (κ2) is 8.97. The summed E-state index contributed by atoms with van der Waals surface area (Å²) in [6, 6.07) is 13.2. The molecule has 0 radical (unpaired) electrons. The highest BCUT2D eigenvalue weighted by molar-refractivity contribution is 5.89. The Morgan fingerprint density at radius 3 is 2.82 bits per heavy atom. The van der Waals surface area contributed by atoms with Crippen LogP contribution >= 0.6 is 0 Å². The summed E-state index contributed by atoms with van der Waals surface area (Å²) < 4.78 is 16.9. The van der Waals surface area contributed by atoms with Crippen LogP contribution in [0.2, 0.25) is 0 Å². The van der Waals surface area contributed by atoms with Crippen molar-refractivity contribution in [3.05, 3.63) is 53.6 Å². The molecule has 2 amide bonds. The number of ether oxygens (including phenoxy) is 3. The Hall–Kier alpha value is -2.73. The fourth-order valence-electron chi connectivity index (χ4n) is 3.48. The van der Waals surface area contributed by atoms with Gasteiger partial charge in [0.25, 0.3) is 0 Å². The minimum atomic E-state index is -0.234. The maximum absolute atomic E-state index is 12.2. The molecule has 6 nitrogen and oxygen atoms in total. The zero-order valence-electron chi connectivity index (χ0n) is 15.9. The molecule has 0 aromatic heterocycles. The van der Waals surface area contributed by atoms with Crippen LogP contribution in [0.5, 0.6) is 11.5 Å². The molecule has 0 spiro atoms. The van der Waals surface area contributed by atoms with Gasteiger partial charge in [-0.3, -0.25) is 0 Å². The normalized spacial score (nSPS) is 18.1. The van der Waals surface area contributed by atoms with E-state index in [0.29, 0.717) is 13.2 Å². The zero-order chi connectivity index (χ0) is 19.2. The van der Waals surface area contributed by atoms with Crippen LogP contribution < -0.4 is 20.1 Å². The first-order chi connectivity index (χ1) is 13.8. The number of anilines is 1. The first-order valence-corrected chi connectivity index (χ1v) is 9.90. The van der Waals surface area contributed by atoms with Crippen LogP contribution in [-0.2, 0) is 17.7 Å². The fourth-order valence-corrected chi connectivity index (χ4v) is 3.48. The fraction of sp³-hybridized carbons (Fsp3) is 0.409. The van der Waals surface area contributed by atoms with Gasteiger partial charge in [-0.15, -0.1) is 0 Å². The molecule has 1 atom stereocenters. The van der Waals surface area contributed by atoms with Crippen molar-refractivity contribution in [3.8, 4) is 11.5 Å². The summed E-state index contributed by atoms with van der Waals surface area (Å²) in [4.78, 5) is 12.2. The molecule has 6 heteroatoms. The SMILES string of the molecule is O=C(NCc1ccc2c(c1)CCCO2)Nc1ccc(OC[C@@H]2CCCO2)cc1. The number of hydrogen-bond acceptors (Lipinski definition) is 4. The number of fused-ring (bicyclic) bond motifs is 1. The molecule has 2 aromatic rings. The predicted octanol–water partition coefficient (Wildman–Crippen LogP) is 3.89. The van der Waals surface area contributed by atoms with E-state index in [1.807, 2.05) is 36.4 Å². The molecule has 2 aromatic carbocycles. The third-order valence-corrected chi connectivity index (χ3v) is 5.00. The van der Waals surface area contributed by atoms with Gasteiger partial charge in [0.2, 0.25) is 0 Å². The van der Waals surface area contributed by atoms with Gasteiger partial charge in [0.05, 0.1) is 12.7 Å². The molecule has 0 unspecified atom stereocenters. The van der Waals surface area contributed by atoms with Crippen LogP contribution in [-0.4, -0.2) is 32.0 Å². The van der Waals surface area contributed by atoms with Gasteiger partial charge in [-0.1, -0.05) is 12.1 Å². The second-order valence-electron chi connectivity index (χ2n) is 7.17. The maximum Gasteiger partial charge on any atom is 0.319 e. The summed E-state index contributed by atoms with van der Waals surface area (Å²) in [6.07, 6.45) is 4.41. The summed E-state index contributed by atoms with van der Waals surface area (Å²) >= 11 is 0. The van der Waals surface area contributed by atoms with Crippen molar-refractivity contribution in [2.75, 3.05) is 25.1 Å². The van der Waals surface area contributed by atoms with Gasteiger partial charge in [0, 0.05) is 18.8 Å². The van der Waals surface area contributed by atoms with E-state index in [2.05, 4.69) is 16.7 Å². The van der Waals surface area contributed by atoms with Crippen LogP contribution in [0.1, 0.15) is 30.4 Å². The topological polar surface area (TPSA) is 68.8 Å². The first kappa shape index (κ1) is 18.6. The lowest BCUT2D eigenvalue weighted by Crippen LogP contribution is -2.28. The van der Waals surface area contributed by atoms with Gasteiger partial charge in [0.1, 0.15) is 18.1 Å². The monoisotopic (exact) mass is 382 g/mol. The number of rotatable bonds is 6. The van der Waals surface area contributed by atoms with E-state index in [9.17, 15) is 4.79 Å². The van der Waals surface area contributed by atoms with Crippen LogP contribution in [0.25, 0.3) is 0 Å². The molecule has 2 N–H and O–H groups in total. The standard InChI is InChI=1S/C22H26N2O4/c25-22(23-14-16-5-10-21-17(13-16)3-1-12-27-21)24-18-6-8-19(9-7-18)28-15-20-4-2-11-26-20/h5-10,13,20H,1-4,11-12,14-15H2,(H2,23,24,25)/t20-/m0/s1. The summed E-state index contributed by atoms with van der Waals surface area (Å²) in [5, 5.41) is 5.74. The Labute approximate surface area is 165 Å². The molecule has 2 heterocycles. The number of urea groups is 1. The van der Waals surface area contributed by atoms with E-state index in [1.54, 1.807) is 0 Å². The van der Waals surface area contributed by atoms with Crippen molar-refractivity contribution in [3.63, 3.8) is 0 Å². The lowest BCUT2D eigenvalue weighted by atomic mass is 10.0. The van der Waals surface area contributed by atoms with E-state index >= 15 is 0 Å². The lowest BCUT2D eigenvalue weighted by Gasteiger charge is -2.18. The highest BCUT2D eigenvalue weighted by Crippen LogP contribution is 2.25. The molecule has 148 valence electrons. The molecular formula is C22H26N2O4. The minimum absolute atomic E-state index is 0.193. The maximum atomic E-state index is 12.2. The summed E-state index contributed by atoms with van der Waals surface area (Å²) in [5.41, 5.74) is 3.00. The molecule has 0 bridgehead atoms. The van der Waals surface area contributed by atoms with Crippen LogP contribution in [0.3, 0.4) is 0 Å². The highest BCUT2D eigenvalue weighted by atomic mass is 16.5. The first-order valence-electron chi connectivity index (χ1n) is 9.90. The molecule has 1 saturated heterocycles. The second-order valence-corrected chi connectivity index (χ2v) is 7.17. The third kappa shape index (κ3) is 4.95. The number of amides is 2. The number of hydrogen-bond donors (Lipinski definition) is 2. The minimum Gasteiger partial charge on any atom is -0.493 e. The van der Waals surface area contributed by atoms with Gasteiger partial charge in [0.15, 0.2) is 0 Å². The molecule has 0 saturated carbocycles. The Balaban J connectivity index is 1.23. The molecule has 0 aliphatic carbocycles. The van der Waals surface area contributed by atoms with E-state index in [4.69, 9.17) is 14.2 Å². The zero-order valence-corrected chi connectivity index (χ0v) is 15.9. The van der Waals surface area contributed by atoms with Crippen molar-refractivity contribution >= 4 is 11.7 Å². The predicted molar refractivity (Wildman–Crippen MR) is 107 cm³/mol. The largest absolute Gasteiger partial charge is 0.493 e. The van der Waals surface area contributed by atoms with Crippen LogP contribution in [0.4, 0.5) is 10.5 Å². The average molecular weight is 382 g/mol. The Morgan fingerprint density at radius 2 is 2.00 bits per heavy atom. The van der Waals surface area contributed by atoms with Crippen molar-refractivity contribution in [1.29, 1.82) is 0 Å². The van der Waals surface area contributed by atoms with E-state index in [0.717, 1.165) is 61.6 Å². The smallest absolute Gasteiger partial charge is 0.319 e. The number of benzene rings is 2. The lowest BCUT2D eigenvalue weighted by molar-refractivity contribution is 0.0679. The van der Waals surface area contributed by atoms with E-state index in [1.165, 1.54) is 5.56 Å². The molecular weight excluding hydrogens is 356 g/mol. The summed E-state index contributed by atoms with van der Waals surface area (Å²) in [5.74, 6) is 1.74. The number of carbonyl (C=O) groups excluding carboxylic acids is 1. The van der Waals surface area contributed by atoms with Crippen molar-refractivity contribution in [1.82, 2.24) is 5.32 Å². The Kier molecular flexibility index (Phi) is 5.97. The number of carbonyl (C=O) groups is 1. The number of aryl methyl sites for hydroxylation is 1. The summed E-state index contributed by atoms with van der Waals surface area (Å²) in [6.45, 7) is 2.65. The van der Waals surface area contributed by atoms with Crippen molar-refractivity contribution in [2.24, 2.45) is 0 Å². The highest BCUT2D eigenvalue weighted by Gasteiger charge is 2.16. The van der Waals surface area contributed by atoms with Gasteiger partial charge >= 0.3 is 6.03 Å². The quantitative estimate of drug-likeness (QED) is 0.795. The van der Waals surface area contributed by atoms with Crippen LogP contribution in [0.15, 0.2) is 42.5 Å². The number of nitrogens with one attached hydrogen (secondary N) is 2.